The molecule has 2 heterocycles. The lowest BCUT2D eigenvalue weighted by Crippen LogP contribution is -2.55. The van der Waals surface area contributed by atoms with Gasteiger partial charge in [-0.25, -0.2) is 0 Å². The number of likely N-dealkylation sites (tertiary alicyclic amines) is 1. The van der Waals surface area contributed by atoms with Gasteiger partial charge >= 0.3 is 5.97 Å². The molecule has 0 radical (unpaired) electrons. The summed E-state index contributed by atoms with van der Waals surface area (Å²) in [7, 11) is 0. The van der Waals surface area contributed by atoms with E-state index in [-0.39, 0.29) is 11.8 Å². The zero-order valence-electron chi connectivity index (χ0n) is 12.5. The van der Waals surface area contributed by atoms with Gasteiger partial charge in [0.1, 0.15) is 0 Å². The SMILES string of the molecule is CCCC1(C(=O)O)CCCN(C(=O)C(C)C2CNC2)C1. The number of carboxylic acid groups (broad SMARTS) is 1. The average molecular weight is 282 g/mol. The monoisotopic (exact) mass is 282 g/mol. The van der Waals surface area contributed by atoms with E-state index < -0.39 is 11.4 Å². The summed E-state index contributed by atoms with van der Waals surface area (Å²) in [5.41, 5.74) is -0.722. The normalized spacial score (nSPS) is 28.8. The summed E-state index contributed by atoms with van der Waals surface area (Å²) < 4.78 is 0. The highest BCUT2D eigenvalue weighted by Crippen LogP contribution is 2.36. The molecular formula is C15H26N2O3. The second-order valence-corrected chi connectivity index (χ2v) is 6.41. The van der Waals surface area contributed by atoms with Gasteiger partial charge in [-0.3, -0.25) is 9.59 Å². The van der Waals surface area contributed by atoms with E-state index in [0.29, 0.717) is 31.8 Å². The number of nitrogens with one attached hydrogen (secondary N) is 1. The first-order valence-corrected chi connectivity index (χ1v) is 7.73. The second-order valence-electron chi connectivity index (χ2n) is 6.41. The van der Waals surface area contributed by atoms with E-state index in [1.165, 1.54) is 0 Å². The number of hydrogen-bond donors (Lipinski definition) is 2. The maximum atomic E-state index is 12.6. The van der Waals surface area contributed by atoms with Crippen LogP contribution in [0.25, 0.3) is 0 Å². The van der Waals surface area contributed by atoms with Crippen LogP contribution in [0.2, 0.25) is 0 Å². The van der Waals surface area contributed by atoms with Crippen molar-refractivity contribution in [3.05, 3.63) is 0 Å². The summed E-state index contributed by atoms with van der Waals surface area (Å²) in [6.45, 7) is 6.89. The molecule has 0 aromatic carbocycles. The lowest BCUT2D eigenvalue weighted by atomic mass is 9.75. The lowest BCUT2D eigenvalue weighted by Gasteiger charge is -2.42. The molecule has 2 aliphatic heterocycles. The molecule has 1 amide bonds. The molecule has 20 heavy (non-hydrogen) atoms. The number of nitrogens with zero attached hydrogens (tertiary/aromatic N) is 1. The predicted octanol–water partition coefficient (Wildman–Crippen LogP) is 1.34. The van der Waals surface area contributed by atoms with Crippen LogP contribution in [-0.2, 0) is 9.59 Å². The highest BCUT2D eigenvalue weighted by Gasteiger charge is 2.44. The Morgan fingerprint density at radius 1 is 1.45 bits per heavy atom. The van der Waals surface area contributed by atoms with E-state index in [4.69, 9.17) is 0 Å². The first-order valence-electron chi connectivity index (χ1n) is 7.73. The minimum Gasteiger partial charge on any atom is -0.481 e. The van der Waals surface area contributed by atoms with Gasteiger partial charge in [0.2, 0.25) is 5.91 Å². The summed E-state index contributed by atoms with van der Waals surface area (Å²) in [5, 5.41) is 12.8. The van der Waals surface area contributed by atoms with Gasteiger partial charge in [0.05, 0.1) is 5.41 Å². The molecule has 0 saturated carbocycles. The van der Waals surface area contributed by atoms with Crippen LogP contribution in [0, 0.1) is 17.3 Å². The maximum absolute atomic E-state index is 12.6. The highest BCUT2D eigenvalue weighted by molar-refractivity contribution is 5.81. The van der Waals surface area contributed by atoms with Gasteiger partial charge in [0.25, 0.3) is 0 Å². The number of hydrogen-bond acceptors (Lipinski definition) is 3. The van der Waals surface area contributed by atoms with Gasteiger partial charge in [-0.2, -0.15) is 0 Å². The van der Waals surface area contributed by atoms with Gasteiger partial charge < -0.3 is 15.3 Å². The quantitative estimate of drug-likeness (QED) is 0.798. The molecular weight excluding hydrogens is 256 g/mol. The highest BCUT2D eigenvalue weighted by atomic mass is 16.4. The van der Waals surface area contributed by atoms with Gasteiger partial charge in [-0.1, -0.05) is 20.3 Å². The summed E-state index contributed by atoms with van der Waals surface area (Å²) >= 11 is 0. The molecule has 2 aliphatic rings. The molecule has 2 unspecified atom stereocenters. The van der Waals surface area contributed by atoms with Crippen molar-refractivity contribution in [2.75, 3.05) is 26.2 Å². The zero-order valence-corrected chi connectivity index (χ0v) is 12.5. The number of carbonyl (C=O) groups is 2. The van der Waals surface area contributed by atoms with Crippen molar-refractivity contribution in [2.24, 2.45) is 17.3 Å². The Kier molecular flexibility index (Phi) is 4.68. The molecule has 0 bridgehead atoms. The van der Waals surface area contributed by atoms with Crippen molar-refractivity contribution in [3.63, 3.8) is 0 Å². The minimum atomic E-state index is -0.741. The largest absolute Gasteiger partial charge is 0.481 e. The van der Waals surface area contributed by atoms with Crippen LogP contribution in [0.15, 0.2) is 0 Å². The van der Waals surface area contributed by atoms with E-state index in [1.54, 1.807) is 4.90 Å². The van der Waals surface area contributed by atoms with E-state index in [1.807, 2.05) is 13.8 Å². The van der Waals surface area contributed by atoms with Crippen molar-refractivity contribution in [1.82, 2.24) is 10.2 Å². The van der Waals surface area contributed by atoms with Crippen molar-refractivity contribution in [3.8, 4) is 0 Å². The van der Waals surface area contributed by atoms with E-state index in [9.17, 15) is 14.7 Å². The van der Waals surface area contributed by atoms with Crippen LogP contribution < -0.4 is 5.32 Å². The summed E-state index contributed by atoms with van der Waals surface area (Å²) in [4.78, 5) is 26.0. The third kappa shape index (κ3) is 2.82. The van der Waals surface area contributed by atoms with Crippen molar-refractivity contribution >= 4 is 11.9 Å². The maximum Gasteiger partial charge on any atom is 0.311 e. The number of piperidine rings is 1. The Morgan fingerprint density at radius 3 is 2.65 bits per heavy atom. The van der Waals surface area contributed by atoms with Crippen LogP contribution in [0.4, 0.5) is 0 Å². The lowest BCUT2D eigenvalue weighted by molar-refractivity contribution is -0.157. The van der Waals surface area contributed by atoms with E-state index >= 15 is 0 Å². The molecule has 5 nitrogen and oxygen atoms in total. The molecule has 0 aromatic rings. The fourth-order valence-electron chi connectivity index (χ4n) is 3.44. The van der Waals surface area contributed by atoms with E-state index in [2.05, 4.69) is 5.32 Å². The van der Waals surface area contributed by atoms with Crippen molar-refractivity contribution in [2.45, 2.75) is 39.5 Å². The Bertz CT molecular complexity index is 377. The van der Waals surface area contributed by atoms with Gasteiger partial charge in [0, 0.05) is 19.0 Å². The second kappa shape index (κ2) is 6.12. The van der Waals surface area contributed by atoms with Crippen LogP contribution in [0.3, 0.4) is 0 Å². The Labute approximate surface area is 120 Å². The molecule has 0 aromatic heterocycles. The molecule has 114 valence electrons. The molecule has 2 saturated heterocycles. The van der Waals surface area contributed by atoms with Gasteiger partial charge in [0.15, 0.2) is 0 Å². The first kappa shape index (κ1) is 15.3. The molecule has 2 N–H and O–H groups in total. The van der Waals surface area contributed by atoms with Crippen LogP contribution in [0.5, 0.6) is 0 Å². The Hall–Kier alpha value is -1.10. The van der Waals surface area contributed by atoms with Crippen molar-refractivity contribution in [1.29, 1.82) is 0 Å². The number of aliphatic carboxylic acids is 1. The number of carboxylic acids is 1. The Balaban J connectivity index is 2.04. The van der Waals surface area contributed by atoms with Crippen LogP contribution >= 0.6 is 0 Å². The summed E-state index contributed by atoms with van der Waals surface area (Å²) in [5.74, 6) is -0.190. The standard InChI is InChI=1S/C15H26N2O3/c1-3-5-15(14(19)20)6-4-7-17(10-15)13(18)11(2)12-8-16-9-12/h11-12,16H,3-10H2,1-2H3,(H,19,20). The molecule has 2 atom stereocenters. The molecule has 0 spiro atoms. The third-order valence-electron chi connectivity index (χ3n) is 4.98. The molecule has 2 rings (SSSR count). The fourth-order valence-corrected chi connectivity index (χ4v) is 3.44. The average Bonchev–Trinajstić information content (AvgIpc) is 2.36. The topological polar surface area (TPSA) is 69.6 Å². The minimum absolute atomic E-state index is 0.00229. The summed E-state index contributed by atoms with van der Waals surface area (Å²) in [6.07, 6.45) is 2.99. The molecule has 2 fully saturated rings. The van der Waals surface area contributed by atoms with Crippen molar-refractivity contribution < 1.29 is 14.7 Å². The van der Waals surface area contributed by atoms with E-state index in [0.717, 1.165) is 25.9 Å². The predicted molar refractivity (Wildman–Crippen MR) is 76.3 cm³/mol. The molecule has 0 aliphatic carbocycles. The fraction of sp³-hybridized carbons (Fsp3) is 0.867. The molecule has 5 heteroatoms. The number of amides is 1. The number of carbonyl (C=O) groups excluding carboxylic acids is 1. The number of rotatable bonds is 5. The Morgan fingerprint density at radius 2 is 2.15 bits per heavy atom. The third-order valence-corrected chi connectivity index (χ3v) is 4.98. The summed E-state index contributed by atoms with van der Waals surface area (Å²) in [6, 6.07) is 0. The zero-order chi connectivity index (χ0) is 14.8. The van der Waals surface area contributed by atoms with Crippen LogP contribution in [0.1, 0.15) is 39.5 Å². The van der Waals surface area contributed by atoms with Gasteiger partial charge in [-0.05, 0) is 38.3 Å². The van der Waals surface area contributed by atoms with Gasteiger partial charge in [-0.15, -0.1) is 0 Å². The first-order chi connectivity index (χ1) is 9.50. The van der Waals surface area contributed by atoms with Crippen LogP contribution in [-0.4, -0.2) is 48.1 Å². The smallest absolute Gasteiger partial charge is 0.311 e.